The van der Waals surface area contributed by atoms with Gasteiger partial charge in [-0.05, 0) is 42.0 Å². The number of aromatic nitrogens is 1. The second kappa shape index (κ2) is 10.2. The zero-order valence-corrected chi connectivity index (χ0v) is 16.9. The molecule has 0 saturated heterocycles. The lowest BCUT2D eigenvalue weighted by atomic mass is 10.0. The monoisotopic (exact) mass is 409 g/mol. The highest BCUT2D eigenvalue weighted by atomic mass is 16.5. The molecule has 0 aliphatic rings. The molecule has 1 unspecified atom stereocenters. The van der Waals surface area contributed by atoms with Crippen LogP contribution in [0.15, 0.2) is 109 Å². The quantitative estimate of drug-likeness (QED) is 0.420. The lowest BCUT2D eigenvalue weighted by molar-refractivity contribution is -0.115. The smallest absolute Gasteiger partial charge is 0.238 e. The van der Waals surface area contributed by atoms with Gasteiger partial charge in [0.05, 0.1) is 24.0 Å². The molecule has 5 nitrogen and oxygen atoms in total. The number of pyridine rings is 1. The van der Waals surface area contributed by atoms with Gasteiger partial charge in [0.1, 0.15) is 5.75 Å². The van der Waals surface area contributed by atoms with Crippen molar-refractivity contribution < 1.29 is 9.53 Å². The zero-order chi connectivity index (χ0) is 21.3. The van der Waals surface area contributed by atoms with E-state index in [1.165, 1.54) is 0 Å². The van der Waals surface area contributed by atoms with E-state index < -0.39 is 0 Å². The highest BCUT2D eigenvalue weighted by molar-refractivity contribution is 5.93. The van der Waals surface area contributed by atoms with Gasteiger partial charge in [-0.1, -0.05) is 66.7 Å². The maximum atomic E-state index is 12.7. The highest BCUT2D eigenvalue weighted by Gasteiger charge is 2.16. The summed E-state index contributed by atoms with van der Waals surface area (Å²) in [7, 11) is 0. The maximum absolute atomic E-state index is 12.7. The number of ether oxygens (including phenoxy) is 1. The fraction of sp³-hybridized carbons (Fsp3) is 0.0769. The van der Waals surface area contributed by atoms with Gasteiger partial charge in [0.15, 0.2) is 5.75 Å². The van der Waals surface area contributed by atoms with Gasteiger partial charge in [-0.15, -0.1) is 0 Å². The van der Waals surface area contributed by atoms with Crippen molar-refractivity contribution in [2.45, 2.75) is 6.04 Å². The summed E-state index contributed by atoms with van der Waals surface area (Å²) < 4.78 is 5.93. The Morgan fingerprint density at radius 1 is 0.806 bits per heavy atom. The molecule has 1 amide bonds. The van der Waals surface area contributed by atoms with Crippen LogP contribution >= 0.6 is 0 Å². The second-order valence-corrected chi connectivity index (χ2v) is 6.94. The summed E-state index contributed by atoms with van der Waals surface area (Å²) in [5, 5.41) is 6.27. The predicted molar refractivity (Wildman–Crippen MR) is 122 cm³/mol. The Morgan fingerprint density at radius 3 is 2.23 bits per heavy atom. The Kier molecular flexibility index (Phi) is 6.67. The summed E-state index contributed by atoms with van der Waals surface area (Å²) in [6.07, 6.45) is 1.75. The molecule has 5 heteroatoms. The minimum atomic E-state index is -0.191. The molecule has 0 spiro atoms. The van der Waals surface area contributed by atoms with Crippen LogP contribution in [0.3, 0.4) is 0 Å². The molecule has 0 fully saturated rings. The van der Waals surface area contributed by atoms with Gasteiger partial charge in [-0.3, -0.25) is 15.1 Å². The first-order valence-corrected chi connectivity index (χ1v) is 10.1. The van der Waals surface area contributed by atoms with Crippen LogP contribution in [-0.2, 0) is 4.79 Å². The van der Waals surface area contributed by atoms with Crippen molar-refractivity contribution in [3.05, 3.63) is 121 Å². The van der Waals surface area contributed by atoms with E-state index in [9.17, 15) is 4.79 Å². The first-order chi connectivity index (χ1) is 15.3. The molecule has 4 aromatic rings. The summed E-state index contributed by atoms with van der Waals surface area (Å²) in [5.74, 6) is 1.13. The van der Waals surface area contributed by atoms with Gasteiger partial charge in [-0.2, -0.15) is 0 Å². The molecule has 0 aliphatic carbocycles. The van der Waals surface area contributed by atoms with E-state index in [0.717, 1.165) is 11.3 Å². The number of nitrogens with one attached hydrogen (secondary N) is 2. The number of amides is 1. The molecule has 3 aromatic carbocycles. The van der Waals surface area contributed by atoms with Gasteiger partial charge < -0.3 is 10.1 Å². The average Bonchev–Trinajstić information content (AvgIpc) is 2.83. The molecule has 0 aliphatic heterocycles. The number of nitrogens with zero attached hydrogens (tertiary/aromatic N) is 1. The van der Waals surface area contributed by atoms with Gasteiger partial charge in [0.2, 0.25) is 5.91 Å². The third kappa shape index (κ3) is 5.56. The number of hydrogen-bond donors (Lipinski definition) is 2. The summed E-state index contributed by atoms with van der Waals surface area (Å²) in [4.78, 5) is 17.2. The van der Waals surface area contributed by atoms with E-state index in [0.29, 0.717) is 17.2 Å². The van der Waals surface area contributed by atoms with Crippen molar-refractivity contribution in [3.8, 4) is 11.5 Å². The normalized spacial score (nSPS) is 11.5. The fourth-order valence-corrected chi connectivity index (χ4v) is 3.25. The Hall–Kier alpha value is -3.96. The lowest BCUT2D eigenvalue weighted by Crippen LogP contribution is -2.32. The van der Waals surface area contributed by atoms with Crippen LogP contribution < -0.4 is 15.4 Å². The van der Waals surface area contributed by atoms with Crippen LogP contribution in [-0.4, -0.2) is 17.4 Å². The number of carbonyl (C=O) groups excluding carboxylic acids is 1. The van der Waals surface area contributed by atoms with E-state index >= 15 is 0 Å². The van der Waals surface area contributed by atoms with Crippen LogP contribution in [0.2, 0.25) is 0 Å². The van der Waals surface area contributed by atoms with Gasteiger partial charge in [0, 0.05) is 6.20 Å². The minimum Gasteiger partial charge on any atom is -0.455 e. The predicted octanol–water partition coefficient (Wildman–Crippen LogP) is 5.19. The Bertz CT molecular complexity index is 1060. The molecule has 0 saturated carbocycles. The molecule has 4 rings (SSSR count). The van der Waals surface area contributed by atoms with Crippen molar-refractivity contribution in [3.63, 3.8) is 0 Å². The standard InChI is InChI=1S/C26H23N3O2/c30-25(29-22-15-7-8-17-24(22)31-21-13-5-2-6-14-21)19-28-26(20-11-3-1-4-12-20)23-16-9-10-18-27-23/h1-18,26,28H,19H2,(H,29,30). The third-order valence-corrected chi connectivity index (χ3v) is 4.72. The Morgan fingerprint density at radius 2 is 1.48 bits per heavy atom. The molecule has 154 valence electrons. The first kappa shape index (κ1) is 20.3. The zero-order valence-electron chi connectivity index (χ0n) is 16.9. The number of carbonyl (C=O) groups is 1. The molecule has 2 N–H and O–H groups in total. The van der Waals surface area contributed by atoms with Crippen molar-refractivity contribution in [2.24, 2.45) is 0 Å². The molecular weight excluding hydrogens is 386 g/mol. The van der Waals surface area contributed by atoms with E-state index in [1.807, 2.05) is 103 Å². The molecule has 31 heavy (non-hydrogen) atoms. The number of hydrogen-bond acceptors (Lipinski definition) is 4. The number of benzene rings is 3. The van der Waals surface area contributed by atoms with Crippen molar-refractivity contribution in [2.75, 3.05) is 11.9 Å². The molecule has 0 radical (unpaired) electrons. The average molecular weight is 409 g/mol. The summed E-state index contributed by atoms with van der Waals surface area (Å²) in [6.45, 7) is 0.121. The molecule has 1 aromatic heterocycles. The number of para-hydroxylation sites is 3. The summed E-state index contributed by atoms with van der Waals surface area (Å²) in [5.41, 5.74) is 2.52. The van der Waals surface area contributed by atoms with Gasteiger partial charge >= 0.3 is 0 Å². The lowest BCUT2D eigenvalue weighted by Gasteiger charge is -2.19. The molecule has 0 bridgehead atoms. The molecular formula is C26H23N3O2. The van der Waals surface area contributed by atoms with E-state index in [2.05, 4.69) is 15.6 Å². The number of rotatable bonds is 8. The summed E-state index contributed by atoms with van der Waals surface area (Å²) in [6, 6.07) is 32.4. The van der Waals surface area contributed by atoms with E-state index in [1.54, 1.807) is 6.20 Å². The van der Waals surface area contributed by atoms with Crippen LogP contribution in [0.25, 0.3) is 0 Å². The van der Waals surface area contributed by atoms with Gasteiger partial charge in [-0.25, -0.2) is 0 Å². The minimum absolute atomic E-state index is 0.121. The number of anilines is 1. The fourth-order valence-electron chi connectivity index (χ4n) is 3.25. The van der Waals surface area contributed by atoms with Crippen LogP contribution in [0.1, 0.15) is 17.3 Å². The van der Waals surface area contributed by atoms with Crippen molar-refractivity contribution in [1.29, 1.82) is 0 Å². The Balaban J connectivity index is 1.45. The topological polar surface area (TPSA) is 63.2 Å². The SMILES string of the molecule is O=C(CNC(c1ccccc1)c1ccccn1)Nc1ccccc1Oc1ccccc1. The second-order valence-electron chi connectivity index (χ2n) is 6.94. The third-order valence-electron chi connectivity index (χ3n) is 4.72. The van der Waals surface area contributed by atoms with Crippen molar-refractivity contribution >= 4 is 11.6 Å². The molecule has 1 atom stereocenters. The van der Waals surface area contributed by atoms with Crippen LogP contribution in [0, 0.1) is 0 Å². The van der Waals surface area contributed by atoms with Crippen molar-refractivity contribution in [1.82, 2.24) is 10.3 Å². The largest absolute Gasteiger partial charge is 0.455 e. The maximum Gasteiger partial charge on any atom is 0.238 e. The van der Waals surface area contributed by atoms with E-state index in [-0.39, 0.29) is 18.5 Å². The van der Waals surface area contributed by atoms with Crippen LogP contribution in [0.4, 0.5) is 5.69 Å². The molecule has 1 heterocycles. The highest BCUT2D eigenvalue weighted by Crippen LogP contribution is 2.29. The summed E-state index contributed by atoms with van der Waals surface area (Å²) >= 11 is 0. The van der Waals surface area contributed by atoms with Gasteiger partial charge in [0.25, 0.3) is 0 Å². The van der Waals surface area contributed by atoms with Crippen LogP contribution in [0.5, 0.6) is 11.5 Å². The van der Waals surface area contributed by atoms with E-state index in [4.69, 9.17) is 4.74 Å². The Labute approximate surface area is 181 Å². The first-order valence-electron chi connectivity index (χ1n) is 10.1.